The SMILES string of the molecule is COc1ccc2ccccc2c1/C=N/NC(=O)c1c(-c2ccccc2)nnn1-c1nonc1N. The summed E-state index contributed by atoms with van der Waals surface area (Å²) in [6.45, 7) is 0. The van der Waals surface area contributed by atoms with Crippen LogP contribution >= 0.6 is 0 Å². The van der Waals surface area contributed by atoms with E-state index in [2.05, 4.69) is 35.8 Å². The standard InChI is InChI=1S/C23H18N8O3/c1-33-18-12-11-14-7-5-6-10-16(14)17(18)13-25-27-23(32)20-19(15-8-3-2-4-9-15)26-30-31(20)22-21(24)28-34-29-22/h2-13H,1H3,(H2,24,28)(H,27,32)/b25-13+. The molecule has 5 aromatic rings. The Morgan fingerprint density at radius 3 is 2.65 bits per heavy atom. The molecule has 2 heterocycles. The number of carbonyl (C=O) groups is 1. The number of anilines is 1. The number of hydrogen-bond acceptors (Lipinski definition) is 9. The average molecular weight is 454 g/mol. The van der Waals surface area contributed by atoms with E-state index in [-0.39, 0.29) is 17.3 Å². The van der Waals surface area contributed by atoms with Crippen molar-refractivity contribution >= 4 is 28.7 Å². The maximum atomic E-state index is 13.3. The second-order valence-electron chi connectivity index (χ2n) is 7.14. The van der Waals surface area contributed by atoms with Gasteiger partial charge in [-0.3, -0.25) is 4.79 Å². The van der Waals surface area contributed by atoms with Crippen molar-refractivity contribution in [3.63, 3.8) is 0 Å². The molecule has 2 aromatic heterocycles. The molecule has 0 fully saturated rings. The summed E-state index contributed by atoms with van der Waals surface area (Å²) >= 11 is 0. The lowest BCUT2D eigenvalue weighted by molar-refractivity contribution is 0.0947. The van der Waals surface area contributed by atoms with Crippen molar-refractivity contribution in [2.75, 3.05) is 12.8 Å². The monoisotopic (exact) mass is 454 g/mol. The molecule has 0 aliphatic rings. The number of nitrogens with zero attached hydrogens (tertiary/aromatic N) is 6. The molecule has 1 amide bonds. The molecule has 3 aromatic carbocycles. The van der Waals surface area contributed by atoms with E-state index in [1.165, 1.54) is 6.21 Å². The predicted molar refractivity (Wildman–Crippen MR) is 125 cm³/mol. The van der Waals surface area contributed by atoms with E-state index in [1.807, 2.05) is 54.6 Å². The van der Waals surface area contributed by atoms with Gasteiger partial charge in [-0.2, -0.15) is 9.78 Å². The van der Waals surface area contributed by atoms with Crippen LogP contribution in [0.5, 0.6) is 5.75 Å². The third-order valence-electron chi connectivity index (χ3n) is 5.14. The number of carbonyl (C=O) groups excluding carboxylic acids is 1. The number of nitrogens with two attached hydrogens (primary N) is 1. The van der Waals surface area contributed by atoms with Crippen molar-refractivity contribution in [3.8, 4) is 22.8 Å². The second-order valence-corrected chi connectivity index (χ2v) is 7.14. The Balaban J connectivity index is 1.53. The number of ether oxygens (including phenoxy) is 1. The van der Waals surface area contributed by atoms with Crippen LogP contribution in [-0.2, 0) is 0 Å². The topological polar surface area (TPSA) is 146 Å². The zero-order valence-corrected chi connectivity index (χ0v) is 17.9. The molecule has 0 saturated heterocycles. The molecule has 0 saturated carbocycles. The highest BCUT2D eigenvalue weighted by Gasteiger charge is 2.25. The van der Waals surface area contributed by atoms with Crippen molar-refractivity contribution in [1.29, 1.82) is 0 Å². The Kier molecular flexibility index (Phi) is 5.40. The van der Waals surface area contributed by atoms with Gasteiger partial charge in [0.15, 0.2) is 5.69 Å². The molecule has 0 aliphatic carbocycles. The molecule has 0 radical (unpaired) electrons. The number of methoxy groups -OCH3 is 1. The van der Waals surface area contributed by atoms with Crippen molar-refractivity contribution in [3.05, 3.63) is 78.0 Å². The lowest BCUT2D eigenvalue weighted by Gasteiger charge is -2.08. The molecule has 11 heteroatoms. The van der Waals surface area contributed by atoms with E-state index in [0.717, 1.165) is 21.0 Å². The number of rotatable bonds is 6. The first-order valence-corrected chi connectivity index (χ1v) is 10.2. The van der Waals surface area contributed by atoms with Crippen LogP contribution in [0.2, 0.25) is 0 Å². The largest absolute Gasteiger partial charge is 0.496 e. The molecule has 0 unspecified atom stereocenters. The smallest absolute Gasteiger partial charge is 0.292 e. The maximum absolute atomic E-state index is 13.3. The molecule has 11 nitrogen and oxygen atoms in total. The van der Waals surface area contributed by atoms with Crippen LogP contribution in [0.25, 0.3) is 27.8 Å². The lowest BCUT2D eigenvalue weighted by atomic mass is 10.0. The van der Waals surface area contributed by atoms with E-state index < -0.39 is 5.91 Å². The summed E-state index contributed by atoms with van der Waals surface area (Å²) in [5, 5.41) is 21.6. The van der Waals surface area contributed by atoms with Crippen LogP contribution in [0.3, 0.4) is 0 Å². The van der Waals surface area contributed by atoms with Crippen molar-refractivity contribution in [2.24, 2.45) is 5.10 Å². The zero-order chi connectivity index (χ0) is 23.5. The van der Waals surface area contributed by atoms with Gasteiger partial charge in [-0.15, -0.1) is 5.10 Å². The van der Waals surface area contributed by atoms with Gasteiger partial charge in [0.2, 0.25) is 11.6 Å². The highest BCUT2D eigenvalue weighted by Crippen LogP contribution is 2.27. The summed E-state index contributed by atoms with van der Waals surface area (Å²) in [6.07, 6.45) is 1.53. The molecule has 0 atom stereocenters. The second kappa shape index (κ2) is 8.82. The molecule has 3 N–H and O–H groups in total. The summed E-state index contributed by atoms with van der Waals surface area (Å²) in [5.74, 6) is 0.0404. The van der Waals surface area contributed by atoms with Gasteiger partial charge in [-0.25, -0.2) is 10.1 Å². The fraction of sp³-hybridized carbons (Fsp3) is 0.0435. The Morgan fingerprint density at radius 1 is 1.09 bits per heavy atom. The summed E-state index contributed by atoms with van der Waals surface area (Å²) < 4.78 is 11.3. The third kappa shape index (κ3) is 3.71. The third-order valence-corrected chi connectivity index (χ3v) is 5.14. The highest BCUT2D eigenvalue weighted by atomic mass is 16.6. The van der Waals surface area contributed by atoms with Crippen molar-refractivity contribution < 1.29 is 14.2 Å². The number of benzene rings is 3. The number of nitrogens with one attached hydrogen (secondary N) is 1. The predicted octanol–water partition coefficient (Wildman–Crippen LogP) is 2.83. The van der Waals surface area contributed by atoms with Gasteiger partial charge in [0.05, 0.1) is 13.3 Å². The van der Waals surface area contributed by atoms with Gasteiger partial charge in [0.1, 0.15) is 11.4 Å². The first kappa shape index (κ1) is 20.8. The number of fused-ring (bicyclic) bond motifs is 1. The first-order valence-electron chi connectivity index (χ1n) is 10.2. The number of hydrogen-bond donors (Lipinski definition) is 2. The van der Waals surface area contributed by atoms with Crippen LogP contribution in [0.1, 0.15) is 16.1 Å². The van der Waals surface area contributed by atoms with E-state index in [4.69, 9.17) is 10.5 Å². The van der Waals surface area contributed by atoms with Crippen LogP contribution in [0.4, 0.5) is 5.82 Å². The Bertz CT molecular complexity index is 1510. The van der Waals surface area contributed by atoms with E-state index in [9.17, 15) is 4.79 Å². The first-order chi connectivity index (χ1) is 16.7. The number of amides is 1. The minimum atomic E-state index is -0.582. The molecule has 5 rings (SSSR count). The van der Waals surface area contributed by atoms with Gasteiger partial charge in [0.25, 0.3) is 5.91 Å². The van der Waals surface area contributed by atoms with Gasteiger partial charge in [-0.05, 0) is 27.2 Å². The highest BCUT2D eigenvalue weighted by molar-refractivity contribution is 6.03. The Morgan fingerprint density at radius 2 is 1.88 bits per heavy atom. The quantitative estimate of drug-likeness (QED) is 0.294. The average Bonchev–Trinajstić information content (AvgIpc) is 3.50. The summed E-state index contributed by atoms with van der Waals surface area (Å²) in [7, 11) is 1.58. The molecule has 34 heavy (non-hydrogen) atoms. The molecular formula is C23H18N8O3. The molecular weight excluding hydrogens is 436 g/mol. The summed E-state index contributed by atoms with van der Waals surface area (Å²) in [4.78, 5) is 13.3. The fourth-order valence-electron chi connectivity index (χ4n) is 3.56. The molecule has 0 aliphatic heterocycles. The van der Waals surface area contributed by atoms with Crippen LogP contribution in [0, 0.1) is 0 Å². The van der Waals surface area contributed by atoms with E-state index in [0.29, 0.717) is 17.0 Å². The lowest BCUT2D eigenvalue weighted by Crippen LogP contribution is -2.22. The van der Waals surface area contributed by atoms with Crippen LogP contribution in [0.15, 0.2) is 76.5 Å². The minimum Gasteiger partial charge on any atom is -0.496 e. The van der Waals surface area contributed by atoms with Crippen molar-refractivity contribution in [1.82, 2.24) is 30.7 Å². The van der Waals surface area contributed by atoms with Gasteiger partial charge in [0, 0.05) is 11.1 Å². The van der Waals surface area contributed by atoms with Gasteiger partial charge in [-0.1, -0.05) is 65.9 Å². The number of hydrazone groups is 1. The number of aromatic nitrogens is 5. The van der Waals surface area contributed by atoms with Crippen molar-refractivity contribution in [2.45, 2.75) is 0 Å². The zero-order valence-electron chi connectivity index (χ0n) is 17.9. The van der Waals surface area contributed by atoms with Gasteiger partial charge < -0.3 is 10.5 Å². The minimum absolute atomic E-state index is 0.0393. The summed E-state index contributed by atoms with van der Waals surface area (Å²) in [5.41, 5.74) is 10.1. The fourth-order valence-corrected chi connectivity index (χ4v) is 3.56. The normalized spacial score (nSPS) is 11.2. The van der Waals surface area contributed by atoms with Crippen LogP contribution < -0.4 is 15.9 Å². The maximum Gasteiger partial charge on any atom is 0.292 e. The molecule has 168 valence electrons. The number of nitrogen functional groups attached to an aromatic ring is 1. The molecule has 0 spiro atoms. The van der Waals surface area contributed by atoms with E-state index in [1.54, 1.807) is 19.2 Å². The van der Waals surface area contributed by atoms with Gasteiger partial charge >= 0.3 is 0 Å². The summed E-state index contributed by atoms with van der Waals surface area (Å²) in [6, 6.07) is 20.7. The molecule has 0 bridgehead atoms. The van der Waals surface area contributed by atoms with Crippen LogP contribution in [-0.4, -0.2) is 44.5 Å². The Hall–Kier alpha value is -5.06. The van der Waals surface area contributed by atoms with E-state index >= 15 is 0 Å². The Labute approximate surface area is 192 Å².